The first-order valence-electron chi connectivity index (χ1n) is 7.96. The van der Waals surface area contributed by atoms with Crippen LogP contribution in [0.1, 0.15) is 5.56 Å². The summed E-state index contributed by atoms with van der Waals surface area (Å²) in [6.45, 7) is 3.15. The fourth-order valence-corrected chi connectivity index (χ4v) is 2.54. The molecule has 0 saturated heterocycles. The molecule has 1 aromatic heterocycles. The monoisotopic (exact) mass is 335 g/mol. The molecule has 0 bridgehead atoms. The molecule has 4 rings (SSSR count). The van der Waals surface area contributed by atoms with Gasteiger partial charge in [0, 0.05) is 17.4 Å². The van der Waals surface area contributed by atoms with E-state index in [1.807, 2.05) is 49.4 Å². The largest absolute Gasteiger partial charge is 0.486 e. The number of fused-ring (bicyclic) bond motifs is 1. The molecule has 25 heavy (non-hydrogen) atoms. The molecule has 126 valence electrons. The third-order valence-corrected chi connectivity index (χ3v) is 3.65. The van der Waals surface area contributed by atoms with Gasteiger partial charge in [0.05, 0.1) is 6.20 Å². The maximum absolute atomic E-state index is 5.58. The minimum absolute atomic E-state index is 0.398. The molecule has 0 saturated carbocycles. The third-order valence-electron chi connectivity index (χ3n) is 3.65. The summed E-state index contributed by atoms with van der Waals surface area (Å²) in [4.78, 5) is 4.44. The summed E-state index contributed by atoms with van der Waals surface area (Å²) < 4.78 is 11.1. The van der Waals surface area contributed by atoms with E-state index in [2.05, 4.69) is 25.8 Å². The highest BCUT2D eigenvalue weighted by atomic mass is 16.6. The molecule has 0 amide bonds. The predicted octanol–water partition coefficient (Wildman–Crippen LogP) is 3.44. The molecule has 0 atom stereocenters. The SMILES string of the molecule is Cc1cccc(Nc2cnnc(Nc3ccc4c(c3)OCCO4)n2)c1. The number of nitrogens with zero attached hydrogens (tertiary/aromatic N) is 3. The van der Waals surface area contributed by atoms with Gasteiger partial charge in [-0.1, -0.05) is 12.1 Å². The van der Waals surface area contributed by atoms with E-state index in [0.29, 0.717) is 30.7 Å². The number of hydrogen-bond donors (Lipinski definition) is 2. The average Bonchev–Trinajstić information content (AvgIpc) is 2.62. The van der Waals surface area contributed by atoms with Crippen LogP contribution < -0.4 is 20.1 Å². The first kappa shape index (κ1) is 15.2. The zero-order valence-corrected chi connectivity index (χ0v) is 13.7. The van der Waals surface area contributed by atoms with Gasteiger partial charge in [-0.2, -0.15) is 10.1 Å². The number of benzene rings is 2. The van der Waals surface area contributed by atoms with Gasteiger partial charge in [-0.05, 0) is 36.8 Å². The molecule has 2 aromatic carbocycles. The molecule has 7 nitrogen and oxygen atoms in total. The predicted molar refractivity (Wildman–Crippen MR) is 95.0 cm³/mol. The molecule has 7 heteroatoms. The van der Waals surface area contributed by atoms with Gasteiger partial charge < -0.3 is 20.1 Å². The summed E-state index contributed by atoms with van der Waals surface area (Å²) in [7, 11) is 0. The Balaban J connectivity index is 1.51. The number of nitrogens with one attached hydrogen (secondary N) is 2. The molecular formula is C18H17N5O2. The molecule has 1 aliphatic rings. The number of rotatable bonds is 4. The molecule has 0 aliphatic carbocycles. The lowest BCUT2D eigenvalue weighted by Gasteiger charge is -2.19. The molecule has 0 unspecified atom stereocenters. The van der Waals surface area contributed by atoms with Crippen LogP contribution in [0.25, 0.3) is 0 Å². The summed E-state index contributed by atoms with van der Waals surface area (Å²) in [5.41, 5.74) is 2.92. The Morgan fingerprint density at radius 1 is 0.920 bits per heavy atom. The molecule has 0 fully saturated rings. The van der Waals surface area contributed by atoms with Gasteiger partial charge in [0.1, 0.15) is 13.2 Å². The minimum Gasteiger partial charge on any atom is -0.486 e. The first-order valence-corrected chi connectivity index (χ1v) is 7.96. The lowest BCUT2D eigenvalue weighted by Crippen LogP contribution is -2.15. The van der Waals surface area contributed by atoms with Crippen LogP contribution >= 0.6 is 0 Å². The van der Waals surface area contributed by atoms with E-state index in [1.54, 1.807) is 6.20 Å². The smallest absolute Gasteiger partial charge is 0.249 e. The number of hydrogen-bond acceptors (Lipinski definition) is 7. The Hall–Kier alpha value is -3.35. The summed E-state index contributed by atoms with van der Waals surface area (Å²) >= 11 is 0. The third kappa shape index (κ3) is 3.60. The zero-order chi connectivity index (χ0) is 17.1. The van der Waals surface area contributed by atoms with Gasteiger partial charge in [0.2, 0.25) is 5.95 Å². The van der Waals surface area contributed by atoms with Gasteiger partial charge in [-0.25, -0.2) is 0 Å². The Morgan fingerprint density at radius 2 is 1.76 bits per heavy atom. The Labute approximate surface area is 145 Å². The average molecular weight is 335 g/mol. The van der Waals surface area contributed by atoms with Crippen molar-refractivity contribution in [2.75, 3.05) is 23.8 Å². The second kappa shape index (κ2) is 6.64. The highest BCUT2D eigenvalue weighted by molar-refractivity contribution is 5.62. The Kier molecular flexibility index (Phi) is 4.04. The van der Waals surface area contributed by atoms with Crippen LogP contribution in [0.2, 0.25) is 0 Å². The maximum Gasteiger partial charge on any atom is 0.249 e. The Bertz CT molecular complexity index is 900. The van der Waals surface area contributed by atoms with E-state index in [4.69, 9.17) is 9.47 Å². The molecule has 3 aromatic rings. The molecule has 1 aliphatic heterocycles. The van der Waals surface area contributed by atoms with Gasteiger partial charge in [0.25, 0.3) is 0 Å². The van der Waals surface area contributed by atoms with Crippen LogP contribution in [0.3, 0.4) is 0 Å². The van der Waals surface area contributed by atoms with Crippen molar-refractivity contribution in [1.29, 1.82) is 0 Å². The number of aryl methyl sites for hydroxylation is 1. The van der Waals surface area contributed by atoms with Crippen LogP contribution in [0, 0.1) is 6.92 Å². The van der Waals surface area contributed by atoms with Gasteiger partial charge in [-0.15, -0.1) is 5.10 Å². The number of aromatic nitrogens is 3. The van der Waals surface area contributed by atoms with E-state index >= 15 is 0 Å². The van der Waals surface area contributed by atoms with Crippen LogP contribution in [-0.2, 0) is 0 Å². The van der Waals surface area contributed by atoms with Crippen LogP contribution in [-0.4, -0.2) is 28.4 Å². The van der Waals surface area contributed by atoms with Crippen molar-refractivity contribution in [1.82, 2.24) is 15.2 Å². The lowest BCUT2D eigenvalue weighted by molar-refractivity contribution is 0.171. The van der Waals surface area contributed by atoms with Gasteiger partial charge in [0.15, 0.2) is 17.3 Å². The second-order valence-electron chi connectivity index (χ2n) is 5.64. The Morgan fingerprint density at radius 3 is 2.64 bits per heavy atom. The fraction of sp³-hybridized carbons (Fsp3) is 0.167. The lowest BCUT2D eigenvalue weighted by atomic mass is 10.2. The van der Waals surface area contributed by atoms with E-state index in [1.165, 1.54) is 5.56 Å². The summed E-state index contributed by atoms with van der Waals surface area (Å²) in [6, 6.07) is 13.6. The number of ether oxygens (including phenoxy) is 2. The van der Waals surface area contributed by atoms with Crippen LogP contribution in [0.4, 0.5) is 23.1 Å². The highest BCUT2D eigenvalue weighted by Crippen LogP contribution is 2.33. The minimum atomic E-state index is 0.398. The van der Waals surface area contributed by atoms with Gasteiger partial charge >= 0.3 is 0 Å². The first-order chi connectivity index (χ1) is 12.3. The van der Waals surface area contributed by atoms with Crippen molar-refractivity contribution < 1.29 is 9.47 Å². The van der Waals surface area contributed by atoms with Crippen molar-refractivity contribution in [2.24, 2.45) is 0 Å². The van der Waals surface area contributed by atoms with Crippen LogP contribution in [0.15, 0.2) is 48.7 Å². The topological polar surface area (TPSA) is 81.2 Å². The van der Waals surface area contributed by atoms with Gasteiger partial charge in [-0.3, -0.25) is 0 Å². The molecule has 2 N–H and O–H groups in total. The van der Waals surface area contributed by atoms with Crippen molar-refractivity contribution >= 4 is 23.1 Å². The summed E-state index contributed by atoms with van der Waals surface area (Å²) in [6.07, 6.45) is 1.58. The normalized spacial score (nSPS) is 12.5. The molecular weight excluding hydrogens is 318 g/mol. The molecule has 0 spiro atoms. The van der Waals surface area contributed by atoms with E-state index in [0.717, 1.165) is 17.1 Å². The van der Waals surface area contributed by atoms with E-state index in [9.17, 15) is 0 Å². The quantitative estimate of drug-likeness (QED) is 0.756. The number of anilines is 4. The highest BCUT2D eigenvalue weighted by Gasteiger charge is 2.12. The summed E-state index contributed by atoms with van der Waals surface area (Å²) in [5, 5.41) is 14.4. The second-order valence-corrected chi connectivity index (χ2v) is 5.64. The summed E-state index contributed by atoms with van der Waals surface area (Å²) in [5.74, 6) is 2.46. The molecule has 0 radical (unpaired) electrons. The maximum atomic E-state index is 5.58. The standard InChI is InChI=1S/C18H17N5O2/c1-12-3-2-4-13(9-12)20-17-11-19-23-18(22-17)21-14-5-6-15-16(10-14)25-8-7-24-15/h2-6,9-11H,7-8H2,1H3,(H2,20,21,22,23). The van der Waals surface area contributed by atoms with Crippen molar-refractivity contribution in [3.63, 3.8) is 0 Å². The van der Waals surface area contributed by atoms with E-state index in [-0.39, 0.29) is 0 Å². The van der Waals surface area contributed by atoms with Crippen LogP contribution in [0.5, 0.6) is 11.5 Å². The fourth-order valence-electron chi connectivity index (χ4n) is 2.54. The van der Waals surface area contributed by atoms with Crippen molar-refractivity contribution in [2.45, 2.75) is 6.92 Å². The van der Waals surface area contributed by atoms with Crippen molar-refractivity contribution in [3.05, 3.63) is 54.2 Å². The molecule has 2 heterocycles. The van der Waals surface area contributed by atoms with Crippen molar-refractivity contribution in [3.8, 4) is 11.5 Å². The van der Waals surface area contributed by atoms with E-state index < -0.39 is 0 Å². The zero-order valence-electron chi connectivity index (χ0n) is 13.7.